The minimum absolute atomic E-state index is 0.244. The molecule has 3 aromatic rings. The molecule has 0 amide bonds. The summed E-state index contributed by atoms with van der Waals surface area (Å²) in [6, 6.07) is -1.40. The molecule has 1 N–H and O–H groups in total. The first kappa shape index (κ1) is 19.1. The topological polar surface area (TPSA) is 63.6 Å². The predicted molar refractivity (Wildman–Crippen MR) is 84.6 cm³/mol. The van der Waals surface area contributed by atoms with Crippen molar-refractivity contribution in [3.63, 3.8) is 0 Å². The van der Waals surface area contributed by atoms with Gasteiger partial charge in [0.15, 0.2) is 0 Å². The number of anilines is 1. The van der Waals surface area contributed by atoms with Crippen LogP contribution in [0.15, 0.2) is 18.5 Å². The highest BCUT2D eigenvalue weighted by atomic mass is 35.5. The number of alkyl halides is 3. The number of nitrogens with one attached hydrogen (secondary N) is 1. The third kappa shape index (κ3) is 3.59. The number of halogens is 7. The van der Waals surface area contributed by atoms with Crippen molar-refractivity contribution >= 4 is 28.5 Å². The van der Waals surface area contributed by atoms with Gasteiger partial charge in [0.2, 0.25) is 5.65 Å². The SMILES string of the molecule is CC(Nc1c(-c2c(F)cc(F)cc2F)c(Cl)nc2nncnc12)C(F)(F)F. The van der Waals surface area contributed by atoms with Crippen molar-refractivity contribution in [2.75, 3.05) is 5.32 Å². The molecule has 0 saturated heterocycles. The molecule has 1 aromatic carbocycles. The van der Waals surface area contributed by atoms with Gasteiger partial charge in [0.05, 0.1) is 16.8 Å². The maximum absolute atomic E-state index is 14.3. The van der Waals surface area contributed by atoms with Gasteiger partial charge in [0.25, 0.3) is 0 Å². The lowest BCUT2D eigenvalue weighted by atomic mass is 10.0. The molecule has 5 nitrogen and oxygen atoms in total. The van der Waals surface area contributed by atoms with E-state index in [-0.39, 0.29) is 11.2 Å². The summed E-state index contributed by atoms with van der Waals surface area (Å²) >= 11 is 5.97. The van der Waals surface area contributed by atoms with E-state index in [4.69, 9.17) is 11.6 Å². The number of nitrogens with zero attached hydrogens (tertiary/aromatic N) is 4. The molecule has 2 heterocycles. The molecule has 3 rings (SSSR count). The molecule has 27 heavy (non-hydrogen) atoms. The summed E-state index contributed by atoms with van der Waals surface area (Å²) in [5.41, 5.74) is -2.36. The third-order valence-electron chi connectivity index (χ3n) is 3.61. The highest BCUT2D eigenvalue weighted by molar-refractivity contribution is 6.33. The van der Waals surface area contributed by atoms with Gasteiger partial charge in [-0.25, -0.2) is 23.1 Å². The highest BCUT2D eigenvalue weighted by Crippen LogP contribution is 2.41. The second kappa shape index (κ2) is 6.80. The van der Waals surface area contributed by atoms with Gasteiger partial charge in [-0.2, -0.15) is 13.2 Å². The summed E-state index contributed by atoms with van der Waals surface area (Å²) in [6.07, 6.45) is -3.78. The number of pyridine rings is 1. The normalized spacial score (nSPS) is 13.0. The number of aromatic nitrogens is 4. The molecule has 0 saturated carbocycles. The van der Waals surface area contributed by atoms with E-state index < -0.39 is 51.6 Å². The van der Waals surface area contributed by atoms with E-state index in [1.807, 2.05) is 0 Å². The Hall–Kier alpha value is -2.69. The lowest BCUT2D eigenvalue weighted by molar-refractivity contribution is -0.138. The fourth-order valence-corrected chi connectivity index (χ4v) is 2.61. The van der Waals surface area contributed by atoms with Gasteiger partial charge in [-0.15, -0.1) is 10.2 Å². The van der Waals surface area contributed by atoms with Gasteiger partial charge < -0.3 is 5.32 Å². The van der Waals surface area contributed by atoms with Crippen LogP contribution in [0.3, 0.4) is 0 Å². The maximum Gasteiger partial charge on any atom is 0.408 e. The van der Waals surface area contributed by atoms with Gasteiger partial charge in [-0.05, 0) is 6.92 Å². The summed E-state index contributed by atoms with van der Waals surface area (Å²) in [7, 11) is 0. The quantitative estimate of drug-likeness (QED) is 0.511. The first-order valence-corrected chi connectivity index (χ1v) is 7.62. The maximum atomic E-state index is 14.3. The molecule has 12 heteroatoms. The van der Waals surface area contributed by atoms with E-state index >= 15 is 0 Å². The van der Waals surface area contributed by atoms with Gasteiger partial charge in [0, 0.05) is 12.1 Å². The molecule has 0 spiro atoms. The molecule has 0 aliphatic heterocycles. The zero-order chi connectivity index (χ0) is 19.9. The molecular formula is C15H8ClF6N5. The Balaban J connectivity index is 2.36. The van der Waals surface area contributed by atoms with Crippen LogP contribution in [-0.4, -0.2) is 32.4 Å². The highest BCUT2D eigenvalue weighted by Gasteiger charge is 2.37. The Bertz CT molecular complexity index is 1000. The summed E-state index contributed by atoms with van der Waals surface area (Å²) in [4.78, 5) is 7.54. The molecule has 2 aromatic heterocycles. The number of hydrogen-bond donors (Lipinski definition) is 1. The molecular weight excluding hydrogens is 400 g/mol. The second-order valence-electron chi connectivity index (χ2n) is 5.44. The zero-order valence-corrected chi connectivity index (χ0v) is 14.0. The van der Waals surface area contributed by atoms with Crippen molar-refractivity contribution in [3.8, 4) is 11.1 Å². The Morgan fingerprint density at radius 2 is 1.70 bits per heavy atom. The molecule has 0 bridgehead atoms. The summed E-state index contributed by atoms with van der Waals surface area (Å²) in [6.45, 7) is 0.788. The van der Waals surface area contributed by atoms with Crippen molar-refractivity contribution in [2.24, 2.45) is 0 Å². The van der Waals surface area contributed by atoms with E-state index in [0.29, 0.717) is 12.1 Å². The van der Waals surface area contributed by atoms with Crippen molar-refractivity contribution in [3.05, 3.63) is 41.1 Å². The Kier molecular flexibility index (Phi) is 4.81. The Labute approximate surface area is 152 Å². The second-order valence-corrected chi connectivity index (χ2v) is 5.79. The lowest BCUT2D eigenvalue weighted by Crippen LogP contribution is -2.33. The van der Waals surface area contributed by atoms with E-state index in [1.165, 1.54) is 0 Å². The average Bonchev–Trinajstić information content (AvgIpc) is 2.55. The number of hydrogen-bond acceptors (Lipinski definition) is 5. The Morgan fingerprint density at radius 1 is 1.07 bits per heavy atom. The molecule has 0 aliphatic carbocycles. The first-order valence-electron chi connectivity index (χ1n) is 7.24. The average molecular weight is 408 g/mol. The van der Waals surface area contributed by atoms with Crippen LogP contribution in [0.4, 0.5) is 32.0 Å². The van der Waals surface area contributed by atoms with Crippen LogP contribution in [0.2, 0.25) is 5.15 Å². The smallest absolute Gasteiger partial charge is 0.372 e. The first-order chi connectivity index (χ1) is 12.6. The van der Waals surface area contributed by atoms with E-state index in [1.54, 1.807) is 0 Å². The van der Waals surface area contributed by atoms with E-state index in [0.717, 1.165) is 13.3 Å². The van der Waals surface area contributed by atoms with Crippen LogP contribution in [0, 0.1) is 17.5 Å². The molecule has 1 atom stereocenters. The van der Waals surface area contributed by atoms with Crippen molar-refractivity contribution in [1.29, 1.82) is 0 Å². The van der Waals surface area contributed by atoms with Crippen LogP contribution < -0.4 is 5.32 Å². The number of fused-ring (bicyclic) bond motifs is 1. The van der Waals surface area contributed by atoms with Crippen LogP contribution >= 0.6 is 11.6 Å². The van der Waals surface area contributed by atoms with Crippen molar-refractivity contribution in [2.45, 2.75) is 19.1 Å². The number of benzene rings is 1. The summed E-state index contributed by atoms with van der Waals surface area (Å²) in [5.74, 6) is -3.96. The fraction of sp³-hybridized carbons (Fsp3) is 0.200. The van der Waals surface area contributed by atoms with E-state index in [2.05, 4.69) is 25.5 Å². The van der Waals surface area contributed by atoms with Gasteiger partial charge >= 0.3 is 6.18 Å². The molecule has 0 fully saturated rings. The van der Waals surface area contributed by atoms with Gasteiger partial charge in [-0.3, -0.25) is 0 Å². The summed E-state index contributed by atoms with van der Waals surface area (Å²) in [5, 5.41) is 8.56. The van der Waals surface area contributed by atoms with E-state index in [9.17, 15) is 26.3 Å². The molecule has 1 unspecified atom stereocenters. The monoisotopic (exact) mass is 407 g/mol. The predicted octanol–water partition coefficient (Wildman–Crippen LogP) is 4.52. The van der Waals surface area contributed by atoms with Crippen LogP contribution in [-0.2, 0) is 0 Å². The van der Waals surface area contributed by atoms with Crippen LogP contribution in [0.1, 0.15) is 6.92 Å². The van der Waals surface area contributed by atoms with Gasteiger partial charge in [-0.1, -0.05) is 11.6 Å². The van der Waals surface area contributed by atoms with Crippen LogP contribution in [0.25, 0.3) is 22.3 Å². The van der Waals surface area contributed by atoms with Crippen LogP contribution in [0.5, 0.6) is 0 Å². The lowest BCUT2D eigenvalue weighted by Gasteiger charge is -2.22. The Morgan fingerprint density at radius 3 is 2.30 bits per heavy atom. The molecule has 0 radical (unpaired) electrons. The third-order valence-corrected chi connectivity index (χ3v) is 3.88. The van der Waals surface area contributed by atoms with Crippen molar-refractivity contribution < 1.29 is 26.3 Å². The largest absolute Gasteiger partial charge is 0.408 e. The van der Waals surface area contributed by atoms with Crippen molar-refractivity contribution in [1.82, 2.24) is 20.2 Å². The fourth-order valence-electron chi connectivity index (χ4n) is 2.34. The standard InChI is InChI=1S/C15H8ClF6N5/c1-5(15(20,21)22)25-11-10(9-7(18)2-6(17)3-8(9)19)13(16)26-14-12(11)23-4-24-27-14/h2-5H,1H3,(H,25,26,27). The number of rotatable bonds is 3. The minimum atomic E-state index is -4.69. The minimum Gasteiger partial charge on any atom is -0.372 e. The molecule has 142 valence electrons. The molecule has 0 aliphatic rings. The van der Waals surface area contributed by atoms with Gasteiger partial charge in [0.1, 0.15) is 40.5 Å². The summed E-state index contributed by atoms with van der Waals surface area (Å²) < 4.78 is 80.8. The zero-order valence-electron chi connectivity index (χ0n) is 13.2.